The zero-order valence-electron chi connectivity index (χ0n) is 10.7. The van der Waals surface area contributed by atoms with E-state index in [2.05, 4.69) is 4.72 Å². The van der Waals surface area contributed by atoms with Crippen molar-refractivity contribution in [3.8, 4) is 0 Å². The second-order valence-electron chi connectivity index (χ2n) is 3.98. The summed E-state index contributed by atoms with van der Waals surface area (Å²) in [5.41, 5.74) is 11.9. The SMILES string of the molecule is CCNS(=O)(=O)N(CC(N)=O)Cc1cccc(N)c1. The van der Waals surface area contributed by atoms with Gasteiger partial charge in [0, 0.05) is 18.8 Å². The Hall–Kier alpha value is -1.64. The summed E-state index contributed by atoms with van der Waals surface area (Å²) in [4.78, 5) is 11.0. The molecular weight excluding hydrogens is 268 g/mol. The van der Waals surface area contributed by atoms with Crippen molar-refractivity contribution in [1.29, 1.82) is 0 Å². The average molecular weight is 286 g/mol. The quantitative estimate of drug-likeness (QED) is 0.580. The smallest absolute Gasteiger partial charge is 0.280 e. The number of nitrogens with zero attached hydrogens (tertiary/aromatic N) is 1. The van der Waals surface area contributed by atoms with Crippen LogP contribution in [0.5, 0.6) is 0 Å². The first-order chi connectivity index (χ1) is 8.85. The first-order valence-corrected chi connectivity index (χ1v) is 7.16. The summed E-state index contributed by atoms with van der Waals surface area (Å²) < 4.78 is 27.2. The van der Waals surface area contributed by atoms with Gasteiger partial charge in [0.05, 0.1) is 6.54 Å². The average Bonchev–Trinajstić information content (AvgIpc) is 2.27. The van der Waals surface area contributed by atoms with Crippen molar-refractivity contribution < 1.29 is 13.2 Å². The first-order valence-electron chi connectivity index (χ1n) is 5.72. The number of anilines is 1. The molecule has 0 fully saturated rings. The van der Waals surface area contributed by atoms with Crippen LogP contribution in [0.2, 0.25) is 0 Å². The highest BCUT2D eigenvalue weighted by Gasteiger charge is 2.22. The lowest BCUT2D eigenvalue weighted by atomic mass is 10.2. The van der Waals surface area contributed by atoms with Gasteiger partial charge in [0.1, 0.15) is 0 Å². The molecule has 1 rings (SSSR count). The minimum Gasteiger partial charge on any atom is -0.399 e. The molecule has 106 valence electrons. The van der Waals surface area contributed by atoms with Crippen LogP contribution >= 0.6 is 0 Å². The van der Waals surface area contributed by atoms with Crippen LogP contribution in [-0.4, -0.2) is 31.7 Å². The third-order valence-corrected chi connectivity index (χ3v) is 3.90. The van der Waals surface area contributed by atoms with E-state index in [9.17, 15) is 13.2 Å². The highest BCUT2D eigenvalue weighted by Crippen LogP contribution is 2.11. The lowest BCUT2D eigenvalue weighted by molar-refractivity contribution is -0.118. The van der Waals surface area contributed by atoms with Crippen LogP contribution in [-0.2, 0) is 21.5 Å². The number of hydrogen-bond acceptors (Lipinski definition) is 4. The van der Waals surface area contributed by atoms with Crippen molar-refractivity contribution in [1.82, 2.24) is 9.03 Å². The number of hydrogen-bond donors (Lipinski definition) is 3. The number of benzene rings is 1. The predicted octanol–water partition coefficient (Wildman–Crippen LogP) is -0.590. The fourth-order valence-electron chi connectivity index (χ4n) is 1.57. The fraction of sp³-hybridized carbons (Fsp3) is 0.364. The number of carbonyl (C=O) groups excluding carboxylic acids is 1. The molecule has 0 spiro atoms. The van der Waals surface area contributed by atoms with Crippen molar-refractivity contribution in [2.24, 2.45) is 5.73 Å². The third kappa shape index (κ3) is 4.86. The molecular formula is C11H18N4O3S. The topological polar surface area (TPSA) is 119 Å². The molecule has 1 aromatic carbocycles. The second kappa shape index (κ2) is 6.50. The van der Waals surface area contributed by atoms with E-state index in [0.29, 0.717) is 11.3 Å². The van der Waals surface area contributed by atoms with E-state index in [1.165, 1.54) is 0 Å². The largest absolute Gasteiger partial charge is 0.399 e. The van der Waals surface area contributed by atoms with E-state index in [-0.39, 0.29) is 19.6 Å². The van der Waals surface area contributed by atoms with E-state index in [1.807, 2.05) is 0 Å². The molecule has 0 aliphatic rings. The van der Waals surface area contributed by atoms with Gasteiger partial charge in [-0.3, -0.25) is 4.79 Å². The number of nitrogens with two attached hydrogens (primary N) is 2. The minimum atomic E-state index is -3.74. The molecule has 0 unspecified atom stereocenters. The van der Waals surface area contributed by atoms with E-state index in [1.54, 1.807) is 31.2 Å². The Morgan fingerprint density at radius 2 is 2.11 bits per heavy atom. The van der Waals surface area contributed by atoms with Crippen LogP contribution in [0.25, 0.3) is 0 Å². The van der Waals surface area contributed by atoms with Gasteiger partial charge >= 0.3 is 0 Å². The maximum atomic E-state index is 11.9. The Morgan fingerprint density at radius 1 is 1.42 bits per heavy atom. The number of primary amides is 1. The number of carbonyl (C=O) groups is 1. The van der Waals surface area contributed by atoms with Crippen molar-refractivity contribution >= 4 is 21.8 Å². The van der Waals surface area contributed by atoms with Gasteiger partial charge in [-0.1, -0.05) is 19.1 Å². The molecule has 0 radical (unpaired) electrons. The van der Waals surface area contributed by atoms with Crippen LogP contribution in [0.3, 0.4) is 0 Å². The van der Waals surface area contributed by atoms with Crippen LogP contribution < -0.4 is 16.2 Å². The summed E-state index contributed by atoms with van der Waals surface area (Å²) in [6.07, 6.45) is 0. The van der Waals surface area contributed by atoms with Gasteiger partial charge in [-0.2, -0.15) is 12.7 Å². The van der Waals surface area contributed by atoms with Crippen LogP contribution in [0.1, 0.15) is 12.5 Å². The molecule has 19 heavy (non-hydrogen) atoms. The van der Waals surface area contributed by atoms with Gasteiger partial charge in [0.25, 0.3) is 10.2 Å². The Labute approximate surface area is 112 Å². The lowest BCUT2D eigenvalue weighted by Gasteiger charge is -2.20. The summed E-state index contributed by atoms with van der Waals surface area (Å²) in [6, 6.07) is 6.79. The van der Waals surface area contributed by atoms with Gasteiger partial charge in [-0.05, 0) is 17.7 Å². The summed E-state index contributed by atoms with van der Waals surface area (Å²) >= 11 is 0. The molecule has 1 amide bonds. The summed E-state index contributed by atoms with van der Waals surface area (Å²) in [6.45, 7) is 1.53. The number of amides is 1. The molecule has 1 aromatic rings. The number of nitrogens with one attached hydrogen (secondary N) is 1. The van der Waals surface area contributed by atoms with Gasteiger partial charge in [0.2, 0.25) is 5.91 Å². The van der Waals surface area contributed by atoms with Crippen molar-refractivity contribution in [2.75, 3.05) is 18.8 Å². The summed E-state index contributed by atoms with van der Waals surface area (Å²) in [7, 11) is -3.74. The van der Waals surface area contributed by atoms with Crippen LogP contribution in [0, 0.1) is 0 Å². The minimum absolute atomic E-state index is 0.0311. The van der Waals surface area contributed by atoms with E-state index in [0.717, 1.165) is 4.31 Å². The predicted molar refractivity (Wildman–Crippen MR) is 73.1 cm³/mol. The zero-order valence-corrected chi connectivity index (χ0v) is 11.5. The number of rotatable bonds is 7. The van der Waals surface area contributed by atoms with Crippen LogP contribution in [0.15, 0.2) is 24.3 Å². The Kier molecular flexibility index (Phi) is 5.28. The van der Waals surface area contributed by atoms with Gasteiger partial charge < -0.3 is 11.5 Å². The van der Waals surface area contributed by atoms with E-state index >= 15 is 0 Å². The highest BCUT2D eigenvalue weighted by atomic mass is 32.2. The van der Waals surface area contributed by atoms with Crippen molar-refractivity contribution in [2.45, 2.75) is 13.5 Å². The van der Waals surface area contributed by atoms with Crippen molar-refractivity contribution in [3.05, 3.63) is 29.8 Å². The molecule has 7 nitrogen and oxygen atoms in total. The molecule has 0 saturated heterocycles. The van der Waals surface area contributed by atoms with E-state index in [4.69, 9.17) is 11.5 Å². The maximum absolute atomic E-state index is 11.9. The van der Waals surface area contributed by atoms with Gasteiger partial charge in [-0.25, -0.2) is 4.72 Å². The first kappa shape index (κ1) is 15.4. The molecule has 0 bridgehead atoms. The number of nitrogen functional groups attached to an aromatic ring is 1. The maximum Gasteiger partial charge on any atom is 0.280 e. The van der Waals surface area contributed by atoms with Crippen LogP contribution in [0.4, 0.5) is 5.69 Å². The molecule has 0 aromatic heterocycles. The molecule has 0 heterocycles. The fourth-order valence-corrected chi connectivity index (χ4v) is 2.73. The molecule has 0 atom stereocenters. The monoisotopic (exact) mass is 286 g/mol. The Bertz CT molecular complexity index is 545. The molecule has 0 aliphatic heterocycles. The molecule has 8 heteroatoms. The van der Waals surface area contributed by atoms with Crippen molar-refractivity contribution in [3.63, 3.8) is 0 Å². The summed E-state index contributed by atoms with van der Waals surface area (Å²) in [5.74, 6) is -0.717. The third-order valence-electron chi connectivity index (χ3n) is 2.31. The van der Waals surface area contributed by atoms with Gasteiger partial charge in [0.15, 0.2) is 0 Å². The zero-order chi connectivity index (χ0) is 14.5. The molecule has 0 saturated carbocycles. The summed E-state index contributed by atoms with van der Waals surface area (Å²) in [5, 5.41) is 0. The Balaban J connectivity index is 2.95. The molecule has 5 N–H and O–H groups in total. The van der Waals surface area contributed by atoms with E-state index < -0.39 is 16.1 Å². The Morgan fingerprint density at radius 3 is 2.63 bits per heavy atom. The highest BCUT2D eigenvalue weighted by molar-refractivity contribution is 7.87. The second-order valence-corrected chi connectivity index (χ2v) is 5.74. The standard InChI is InChI=1S/C11H18N4O3S/c1-2-14-19(17,18)15(8-11(13)16)7-9-4-3-5-10(12)6-9/h3-6,14H,2,7-8,12H2,1H3,(H2,13,16). The molecule has 0 aliphatic carbocycles. The lowest BCUT2D eigenvalue weighted by Crippen LogP contribution is -2.44. The van der Waals surface area contributed by atoms with Gasteiger partial charge in [-0.15, -0.1) is 0 Å². The normalized spacial score (nSPS) is 11.7.